The van der Waals surface area contributed by atoms with Crippen molar-refractivity contribution in [2.75, 3.05) is 0 Å². The molecule has 1 amide bonds. The second kappa shape index (κ2) is 5.80. The molecule has 2 heterocycles. The lowest BCUT2D eigenvalue weighted by atomic mass is 9.71. The number of hydrogen-bond acceptors (Lipinski definition) is 4. The van der Waals surface area contributed by atoms with Crippen molar-refractivity contribution in [3.63, 3.8) is 0 Å². The number of aromatic nitrogens is 3. The highest BCUT2D eigenvalue weighted by atomic mass is 16.3. The standard InChI is InChI=1S/C19H26N4O2/c1-18(2,25)19(8-4-3-5-9-19)23-17(24)13-10-20-16-15(13)22-14(11-21-16)12-6-7-12/h10-12,25H,3-9H2,1-2H3,(H,20,21)(H,23,24). The number of aliphatic hydroxyl groups is 1. The predicted octanol–water partition coefficient (Wildman–Crippen LogP) is 3.04. The Labute approximate surface area is 147 Å². The molecule has 2 aliphatic carbocycles. The van der Waals surface area contributed by atoms with Gasteiger partial charge >= 0.3 is 0 Å². The molecule has 0 unspecified atom stereocenters. The van der Waals surface area contributed by atoms with Gasteiger partial charge in [-0.15, -0.1) is 0 Å². The summed E-state index contributed by atoms with van der Waals surface area (Å²) < 4.78 is 0. The Bertz CT molecular complexity index is 795. The molecule has 2 saturated carbocycles. The van der Waals surface area contributed by atoms with Crippen LogP contribution in [-0.4, -0.2) is 37.1 Å². The van der Waals surface area contributed by atoms with Crippen molar-refractivity contribution in [2.24, 2.45) is 0 Å². The topological polar surface area (TPSA) is 90.9 Å². The molecule has 0 aliphatic heterocycles. The smallest absolute Gasteiger partial charge is 0.255 e. The van der Waals surface area contributed by atoms with Crippen molar-refractivity contribution in [1.29, 1.82) is 0 Å². The minimum atomic E-state index is -0.972. The lowest BCUT2D eigenvalue weighted by Crippen LogP contribution is -2.62. The Balaban J connectivity index is 1.66. The number of nitrogens with zero attached hydrogens (tertiary/aromatic N) is 2. The van der Waals surface area contributed by atoms with Gasteiger partial charge in [-0.3, -0.25) is 4.79 Å². The first-order chi connectivity index (χ1) is 11.9. The van der Waals surface area contributed by atoms with Gasteiger partial charge in [0.1, 0.15) is 5.52 Å². The van der Waals surface area contributed by atoms with Gasteiger partial charge in [0.15, 0.2) is 5.65 Å². The Morgan fingerprint density at radius 2 is 2.04 bits per heavy atom. The summed E-state index contributed by atoms with van der Waals surface area (Å²) in [5.41, 5.74) is 1.18. The number of fused-ring (bicyclic) bond motifs is 1. The van der Waals surface area contributed by atoms with E-state index in [1.807, 2.05) is 0 Å². The fraction of sp³-hybridized carbons (Fsp3) is 0.632. The van der Waals surface area contributed by atoms with Gasteiger partial charge in [-0.25, -0.2) is 9.97 Å². The van der Waals surface area contributed by atoms with Crippen LogP contribution in [-0.2, 0) is 0 Å². The van der Waals surface area contributed by atoms with Crippen molar-refractivity contribution in [1.82, 2.24) is 20.3 Å². The van der Waals surface area contributed by atoms with E-state index in [1.165, 1.54) is 0 Å². The highest BCUT2D eigenvalue weighted by molar-refractivity contribution is 6.04. The second-order valence-corrected chi connectivity index (χ2v) is 8.12. The molecular formula is C19H26N4O2. The minimum absolute atomic E-state index is 0.183. The number of aromatic amines is 1. The number of hydrogen-bond donors (Lipinski definition) is 3. The van der Waals surface area contributed by atoms with Crippen LogP contribution in [0.2, 0.25) is 0 Å². The zero-order chi connectivity index (χ0) is 17.7. The summed E-state index contributed by atoms with van der Waals surface area (Å²) in [5.74, 6) is 0.307. The highest BCUT2D eigenvalue weighted by Gasteiger charge is 2.46. The molecule has 134 valence electrons. The highest BCUT2D eigenvalue weighted by Crippen LogP contribution is 2.39. The van der Waals surface area contributed by atoms with Gasteiger partial charge < -0.3 is 15.4 Å². The van der Waals surface area contributed by atoms with E-state index in [4.69, 9.17) is 0 Å². The van der Waals surface area contributed by atoms with Gasteiger partial charge in [0.25, 0.3) is 5.91 Å². The summed E-state index contributed by atoms with van der Waals surface area (Å²) >= 11 is 0. The summed E-state index contributed by atoms with van der Waals surface area (Å²) in [5, 5.41) is 13.9. The molecule has 0 aromatic carbocycles. The quantitative estimate of drug-likeness (QED) is 0.796. The molecular weight excluding hydrogens is 316 g/mol. The Morgan fingerprint density at radius 1 is 1.32 bits per heavy atom. The first-order valence-electron chi connectivity index (χ1n) is 9.29. The SMILES string of the molecule is CC(C)(O)C1(NC(=O)c2c[nH]c3ncc(C4CC4)nc23)CCCCC1. The molecule has 6 heteroatoms. The van der Waals surface area contributed by atoms with Crippen molar-refractivity contribution in [3.8, 4) is 0 Å². The monoisotopic (exact) mass is 342 g/mol. The lowest BCUT2D eigenvalue weighted by Gasteiger charge is -2.46. The third-order valence-corrected chi connectivity index (χ3v) is 5.87. The third kappa shape index (κ3) is 2.92. The van der Waals surface area contributed by atoms with Crippen LogP contribution in [0.15, 0.2) is 12.4 Å². The van der Waals surface area contributed by atoms with E-state index in [-0.39, 0.29) is 5.91 Å². The van der Waals surface area contributed by atoms with Crippen LogP contribution >= 0.6 is 0 Å². The van der Waals surface area contributed by atoms with E-state index in [1.54, 1.807) is 26.2 Å². The summed E-state index contributed by atoms with van der Waals surface area (Å²) in [4.78, 5) is 25.2. The van der Waals surface area contributed by atoms with Crippen molar-refractivity contribution in [2.45, 2.75) is 75.9 Å². The van der Waals surface area contributed by atoms with E-state index in [9.17, 15) is 9.90 Å². The number of nitrogens with one attached hydrogen (secondary N) is 2. The molecule has 0 spiro atoms. The third-order valence-electron chi connectivity index (χ3n) is 5.87. The Kier molecular flexibility index (Phi) is 3.83. The maximum Gasteiger partial charge on any atom is 0.255 e. The molecule has 2 aromatic rings. The molecule has 2 aromatic heterocycles. The average molecular weight is 342 g/mol. The molecule has 3 N–H and O–H groups in total. The van der Waals surface area contributed by atoms with Gasteiger partial charge in [0.05, 0.1) is 28.6 Å². The zero-order valence-electron chi connectivity index (χ0n) is 14.9. The van der Waals surface area contributed by atoms with Gasteiger partial charge in [0, 0.05) is 12.1 Å². The normalized spacial score (nSPS) is 20.6. The lowest BCUT2D eigenvalue weighted by molar-refractivity contribution is -0.0373. The van der Waals surface area contributed by atoms with Crippen LogP contribution in [0.25, 0.3) is 11.2 Å². The van der Waals surface area contributed by atoms with Crippen LogP contribution in [0.4, 0.5) is 0 Å². The molecule has 0 bridgehead atoms. The second-order valence-electron chi connectivity index (χ2n) is 8.12. The number of amides is 1. The number of carbonyl (C=O) groups is 1. The molecule has 2 fully saturated rings. The summed E-state index contributed by atoms with van der Waals surface area (Å²) in [7, 11) is 0. The molecule has 0 atom stereocenters. The van der Waals surface area contributed by atoms with E-state index in [2.05, 4.69) is 20.3 Å². The fourth-order valence-electron chi connectivity index (χ4n) is 3.98. The maximum absolute atomic E-state index is 13.0. The van der Waals surface area contributed by atoms with Crippen LogP contribution in [0, 0.1) is 0 Å². The molecule has 4 rings (SSSR count). The largest absolute Gasteiger partial charge is 0.388 e. The van der Waals surface area contributed by atoms with Crippen molar-refractivity contribution < 1.29 is 9.90 Å². The van der Waals surface area contributed by atoms with Crippen LogP contribution in [0.1, 0.15) is 80.8 Å². The fourth-order valence-corrected chi connectivity index (χ4v) is 3.98. The molecule has 0 saturated heterocycles. The Morgan fingerprint density at radius 3 is 2.68 bits per heavy atom. The van der Waals surface area contributed by atoms with Gasteiger partial charge in [-0.05, 0) is 39.5 Å². The van der Waals surface area contributed by atoms with Crippen LogP contribution in [0.3, 0.4) is 0 Å². The maximum atomic E-state index is 13.0. The molecule has 0 radical (unpaired) electrons. The van der Waals surface area contributed by atoms with Crippen molar-refractivity contribution >= 4 is 17.1 Å². The van der Waals surface area contributed by atoms with Gasteiger partial charge in [-0.2, -0.15) is 0 Å². The number of carbonyl (C=O) groups excluding carboxylic acids is 1. The average Bonchev–Trinajstić information content (AvgIpc) is 3.33. The minimum Gasteiger partial charge on any atom is -0.388 e. The van der Waals surface area contributed by atoms with E-state index < -0.39 is 11.1 Å². The summed E-state index contributed by atoms with van der Waals surface area (Å²) in [6.45, 7) is 3.58. The number of H-pyrrole nitrogens is 1. The summed E-state index contributed by atoms with van der Waals surface area (Å²) in [6.07, 6.45) is 10.6. The zero-order valence-corrected chi connectivity index (χ0v) is 14.9. The van der Waals surface area contributed by atoms with E-state index >= 15 is 0 Å². The molecule has 6 nitrogen and oxygen atoms in total. The van der Waals surface area contributed by atoms with Crippen LogP contribution < -0.4 is 5.32 Å². The van der Waals surface area contributed by atoms with E-state index in [0.29, 0.717) is 22.6 Å². The summed E-state index contributed by atoms with van der Waals surface area (Å²) in [6, 6.07) is 0. The number of rotatable bonds is 4. The van der Waals surface area contributed by atoms with Gasteiger partial charge in [0.2, 0.25) is 0 Å². The van der Waals surface area contributed by atoms with Gasteiger partial charge in [-0.1, -0.05) is 19.3 Å². The molecule has 2 aliphatic rings. The Hall–Kier alpha value is -1.95. The van der Waals surface area contributed by atoms with E-state index in [0.717, 1.165) is 50.6 Å². The first-order valence-corrected chi connectivity index (χ1v) is 9.29. The van der Waals surface area contributed by atoms with Crippen LogP contribution in [0.5, 0.6) is 0 Å². The first kappa shape index (κ1) is 16.5. The predicted molar refractivity (Wildman–Crippen MR) is 95.4 cm³/mol. The van der Waals surface area contributed by atoms with Crippen molar-refractivity contribution in [3.05, 3.63) is 23.7 Å². The molecule has 25 heavy (non-hydrogen) atoms.